The number of phenolic OH excluding ortho intramolecular Hbond substituents is 1. The second-order valence-corrected chi connectivity index (χ2v) is 5.52. The Bertz CT molecular complexity index is 849. The molecule has 0 radical (unpaired) electrons. The van der Waals surface area contributed by atoms with Gasteiger partial charge in [-0.3, -0.25) is 0 Å². The van der Waals surface area contributed by atoms with Crippen molar-refractivity contribution in [2.45, 2.75) is 6.54 Å². The van der Waals surface area contributed by atoms with Crippen molar-refractivity contribution >= 4 is 33.8 Å². The minimum absolute atomic E-state index is 0.233. The van der Waals surface area contributed by atoms with Gasteiger partial charge in [-0.25, -0.2) is 4.39 Å². The highest BCUT2D eigenvalue weighted by atomic mass is 32.1. The van der Waals surface area contributed by atoms with Gasteiger partial charge in [-0.15, -0.1) is 0 Å². The maximum absolute atomic E-state index is 12.9. The monoisotopic (exact) mass is 326 g/mol. The van der Waals surface area contributed by atoms with Gasteiger partial charge in [0.05, 0.1) is 0 Å². The van der Waals surface area contributed by atoms with Crippen LogP contribution in [0.2, 0.25) is 0 Å². The molecular weight excluding hydrogens is 311 g/mol. The van der Waals surface area contributed by atoms with Crippen LogP contribution in [-0.4, -0.2) is 10.2 Å². The van der Waals surface area contributed by atoms with Gasteiger partial charge < -0.3 is 15.7 Å². The fraction of sp³-hybridized carbons (Fsp3) is 0.0556. The molecule has 116 valence electrons. The Hall–Kier alpha value is -2.66. The molecule has 0 atom stereocenters. The highest BCUT2D eigenvalue weighted by Gasteiger charge is 2.05. The Kier molecular flexibility index (Phi) is 4.39. The van der Waals surface area contributed by atoms with Crippen LogP contribution in [0.4, 0.5) is 10.1 Å². The lowest BCUT2D eigenvalue weighted by Crippen LogP contribution is -2.27. The van der Waals surface area contributed by atoms with Gasteiger partial charge in [0.25, 0.3) is 0 Å². The molecule has 5 heteroatoms. The van der Waals surface area contributed by atoms with Crippen LogP contribution >= 0.6 is 12.2 Å². The van der Waals surface area contributed by atoms with E-state index in [-0.39, 0.29) is 11.6 Å². The van der Waals surface area contributed by atoms with E-state index in [1.54, 1.807) is 24.3 Å². The molecular formula is C18H15FN2OS. The Morgan fingerprint density at radius 2 is 1.65 bits per heavy atom. The van der Waals surface area contributed by atoms with Crippen molar-refractivity contribution in [2.24, 2.45) is 0 Å². The van der Waals surface area contributed by atoms with Crippen LogP contribution in [0.1, 0.15) is 5.56 Å². The summed E-state index contributed by atoms with van der Waals surface area (Å²) in [6.07, 6.45) is 0. The van der Waals surface area contributed by atoms with E-state index < -0.39 is 0 Å². The number of hydrogen-bond acceptors (Lipinski definition) is 2. The molecule has 0 aromatic heterocycles. The van der Waals surface area contributed by atoms with Crippen LogP contribution in [0.3, 0.4) is 0 Å². The summed E-state index contributed by atoms with van der Waals surface area (Å²) in [5.41, 5.74) is 1.75. The molecule has 0 heterocycles. The molecule has 0 amide bonds. The van der Waals surface area contributed by atoms with E-state index in [4.69, 9.17) is 12.2 Å². The number of aromatic hydroxyl groups is 1. The number of rotatable bonds is 3. The van der Waals surface area contributed by atoms with Crippen LogP contribution in [0, 0.1) is 5.82 Å². The molecule has 3 aromatic carbocycles. The van der Waals surface area contributed by atoms with Gasteiger partial charge in [0.2, 0.25) is 0 Å². The van der Waals surface area contributed by atoms with Crippen molar-refractivity contribution in [1.82, 2.24) is 5.32 Å². The molecule has 0 aliphatic rings. The predicted octanol–water partition coefficient (Wildman–Crippen LogP) is 4.17. The SMILES string of the molecule is Oc1cccc2c(NC(=S)NCc3ccc(F)cc3)cccc12. The van der Waals surface area contributed by atoms with Crippen LogP contribution in [0.15, 0.2) is 60.7 Å². The number of anilines is 1. The van der Waals surface area contributed by atoms with Crippen molar-refractivity contribution in [3.63, 3.8) is 0 Å². The summed E-state index contributed by atoms with van der Waals surface area (Å²) in [7, 11) is 0. The van der Waals surface area contributed by atoms with Gasteiger partial charge in [-0.05, 0) is 42.0 Å². The summed E-state index contributed by atoms with van der Waals surface area (Å²) in [5.74, 6) is -0.0265. The molecule has 23 heavy (non-hydrogen) atoms. The largest absolute Gasteiger partial charge is 0.507 e. The van der Waals surface area contributed by atoms with E-state index in [1.807, 2.05) is 24.3 Å². The average molecular weight is 326 g/mol. The van der Waals surface area contributed by atoms with Gasteiger partial charge in [0.15, 0.2) is 5.11 Å². The summed E-state index contributed by atoms with van der Waals surface area (Å²) in [6.45, 7) is 0.502. The molecule has 0 unspecified atom stereocenters. The summed E-state index contributed by atoms with van der Waals surface area (Å²) >= 11 is 5.30. The highest BCUT2D eigenvalue weighted by Crippen LogP contribution is 2.29. The second-order valence-electron chi connectivity index (χ2n) is 5.11. The lowest BCUT2D eigenvalue weighted by molar-refractivity contribution is 0.481. The van der Waals surface area contributed by atoms with E-state index in [0.717, 1.165) is 22.0 Å². The first-order valence-electron chi connectivity index (χ1n) is 7.13. The zero-order valence-electron chi connectivity index (χ0n) is 12.2. The van der Waals surface area contributed by atoms with Crippen LogP contribution in [0.5, 0.6) is 5.75 Å². The molecule has 3 nitrogen and oxygen atoms in total. The predicted molar refractivity (Wildman–Crippen MR) is 95.1 cm³/mol. The van der Waals surface area contributed by atoms with Gasteiger partial charge in [-0.2, -0.15) is 0 Å². The summed E-state index contributed by atoms with van der Waals surface area (Å²) < 4.78 is 12.9. The molecule has 0 aliphatic carbocycles. The lowest BCUT2D eigenvalue weighted by atomic mass is 10.1. The first-order chi connectivity index (χ1) is 11.1. The van der Waals surface area contributed by atoms with Gasteiger partial charge in [0.1, 0.15) is 11.6 Å². The van der Waals surface area contributed by atoms with Crippen LogP contribution in [0.25, 0.3) is 10.8 Å². The van der Waals surface area contributed by atoms with Crippen molar-refractivity contribution in [2.75, 3.05) is 5.32 Å². The molecule has 0 bridgehead atoms. The molecule has 3 rings (SSSR count). The molecule has 0 aliphatic heterocycles. The smallest absolute Gasteiger partial charge is 0.171 e. The number of phenols is 1. The minimum Gasteiger partial charge on any atom is -0.507 e. The van der Waals surface area contributed by atoms with Crippen molar-refractivity contribution in [3.05, 3.63) is 72.0 Å². The molecule has 0 spiro atoms. The third kappa shape index (κ3) is 3.57. The van der Waals surface area contributed by atoms with Crippen LogP contribution < -0.4 is 10.6 Å². The molecule has 0 saturated heterocycles. The van der Waals surface area contributed by atoms with E-state index in [0.29, 0.717) is 11.7 Å². The van der Waals surface area contributed by atoms with Crippen molar-refractivity contribution in [1.29, 1.82) is 0 Å². The summed E-state index contributed by atoms with van der Waals surface area (Å²) in [4.78, 5) is 0. The van der Waals surface area contributed by atoms with Crippen molar-refractivity contribution in [3.8, 4) is 5.75 Å². The first kappa shape index (κ1) is 15.2. The van der Waals surface area contributed by atoms with Crippen molar-refractivity contribution < 1.29 is 9.50 Å². The number of nitrogens with one attached hydrogen (secondary N) is 2. The first-order valence-corrected chi connectivity index (χ1v) is 7.54. The standard InChI is InChI=1S/C18H15FN2OS/c19-13-9-7-12(8-10-13)11-20-18(23)21-16-5-1-4-15-14(16)3-2-6-17(15)22/h1-10,22H,11H2,(H2,20,21,23). The Balaban J connectivity index is 1.71. The fourth-order valence-corrected chi connectivity index (χ4v) is 2.54. The quantitative estimate of drug-likeness (QED) is 0.632. The Morgan fingerprint density at radius 1 is 0.957 bits per heavy atom. The third-order valence-corrected chi connectivity index (χ3v) is 3.76. The fourth-order valence-electron chi connectivity index (χ4n) is 2.35. The van der Waals surface area contributed by atoms with E-state index in [9.17, 15) is 9.50 Å². The third-order valence-electron chi connectivity index (χ3n) is 3.51. The number of benzene rings is 3. The van der Waals surface area contributed by atoms with Gasteiger partial charge >= 0.3 is 0 Å². The second kappa shape index (κ2) is 6.62. The highest BCUT2D eigenvalue weighted by molar-refractivity contribution is 7.80. The summed E-state index contributed by atoms with van der Waals surface area (Å²) in [6, 6.07) is 17.2. The zero-order valence-corrected chi connectivity index (χ0v) is 13.0. The molecule has 3 aromatic rings. The topological polar surface area (TPSA) is 44.3 Å². The number of fused-ring (bicyclic) bond motifs is 1. The zero-order chi connectivity index (χ0) is 16.2. The maximum Gasteiger partial charge on any atom is 0.171 e. The lowest BCUT2D eigenvalue weighted by Gasteiger charge is -2.13. The number of hydrogen-bond donors (Lipinski definition) is 3. The molecule has 0 saturated carbocycles. The van der Waals surface area contributed by atoms with Gasteiger partial charge in [0, 0.05) is 23.0 Å². The van der Waals surface area contributed by atoms with E-state index in [2.05, 4.69) is 10.6 Å². The normalized spacial score (nSPS) is 10.5. The number of thiocarbonyl (C=S) groups is 1. The van der Waals surface area contributed by atoms with E-state index in [1.165, 1.54) is 12.1 Å². The molecule has 3 N–H and O–H groups in total. The summed E-state index contributed by atoms with van der Waals surface area (Å²) in [5, 5.41) is 18.2. The minimum atomic E-state index is -0.259. The molecule has 0 fully saturated rings. The van der Waals surface area contributed by atoms with Crippen LogP contribution in [-0.2, 0) is 6.54 Å². The maximum atomic E-state index is 12.9. The Morgan fingerprint density at radius 3 is 2.43 bits per heavy atom. The van der Waals surface area contributed by atoms with E-state index >= 15 is 0 Å². The Labute approximate surface area is 138 Å². The van der Waals surface area contributed by atoms with Gasteiger partial charge in [-0.1, -0.05) is 36.4 Å². The number of halogens is 1. The average Bonchev–Trinajstić information content (AvgIpc) is 2.55.